The number of nitrogens with two attached hydrogens (primary N) is 1. The molecule has 1 radical (unpaired) electrons. The maximum Gasteiger partial charge on any atom is 0.154 e. The summed E-state index contributed by atoms with van der Waals surface area (Å²) in [6.45, 7) is 3.91. The van der Waals surface area contributed by atoms with Crippen molar-refractivity contribution < 1.29 is 4.74 Å². The van der Waals surface area contributed by atoms with Gasteiger partial charge in [-0.05, 0) is 37.6 Å². The molecule has 4 heteroatoms. The first-order valence-electron chi connectivity index (χ1n) is 5.66. The van der Waals surface area contributed by atoms with E-state index in [2.05, 4.69) is 16.4 Å². The van der Waals surface area contributed by atoms with Crippen molar-refractivity contribution in [3.63, 3.8) is 0 Å². The van der Waals surface area contributed by atoms with Crippen molar-refractivity contribution in [1.82, 2.24) is 4.98 Å². The monoisotopic (exact) mass is 242 g/mol. The summed E-state index contributed by atoms with van der Waals surface area (Å²) in [6, 6.07) is 10.5. The topological polar surface area (TPSA) is 60.2 Å². The van der Waals surface area contributed by atoms with Crippen LogP contribution in [0.25, 0.3) is 0 Å². The molecule has 0 spiro atoms. The maximum absolute atomic E-state index is 6.01. The van der Waals surface area contributed by atoms with Crippen LogP contribution in [0, 0.1) is 19.9 Å². The van der Waals surface area contributed by atoms with Crippen LogP contribution in [0.1, 0.15) is 11.3 Å². The lowest BCUT2D eigenvalue weighted by atomic mass is 10.2. The van der Waals surface area contributed by atoms with E-state index in [1.165, 1.54) is 0 Å². The summed E-state index contributed by atoms with van der Waals surface area (Å²) in [5.41, 5.74) is 9.48. The summed E-state index contributed by atoms with van der Waals surface area (Å²) >= 11 is 0. The van der Waals surface area contributed by atoms with Gasteiger partial charge in [-0.25, -0.2) is 4.98 Å². The number of aromatic nitrogens is 1. The van der Waals surface area contributed by atoms with E-state index in [0.29, 0.717) is 17.3 Å². The largest absolute Gasteiger partial charge is 0.496 e. The molecule has 2 rings (SSSR count). The minimum Gasteiger partial charge on any atom is -0.496 e. The Labute approximate surface area is 107 Å². The minimum atomic E-state index is 0.660. The molecule has 4 nitrogen and oxygen atoms in total. The van der Waals surface area contributed by atoms with Crippen molar-refractivity contribution >= 4 is 17.2 Å². The van der Waals surface area contributed by atoms with E-state index in [1.54, 1.807) is 13.2 Å². The Bertz CT molecular complexity index is 567. The van der Waals surface area contributed by atoms with E-state index < -0.39 is 0 Å². The quantitative estimate of drug-likeness (QED) is 0.868. The van der Waals surface area contributed by atoms with Crippen LogP contribution in [-0.2, 0) is 0 Å². The van der Waals surface area contributed by atoms with Crippen LogP contribution in [-0.4, -0.2) is 12.1 Å². The predicted molar refractivity (Wildman–Crippen MR) is 73.2 cm³/mol. The second-order valence-corrected chi connectivity index (χ2v) is 4.11. The third kappa shape index (κ3) is 2.53. The normalized spacial score (nSPS) is 10.2. The smallest absolute Gasteiger partial charge is 0.154 e. The molecule has 1 heterocycles. The first-order valence-corrected chi connectivity index (χ1v) is 5.66. The van der Waals surface area contributed by atoms with Gasteiger partial charge in [-0.1, -0.05) is 0 Å². The van der Waals surface area contributed by atoms with Crippen LogP contribution < -0.4 is 15.8 Å². The van der Waals surface area contributed by atoms with Crippen LogP contribution in [0.2, 0.25) is 0 Å². The first kappa shape index (κ1) is 12.2. The molecule has 0 unspecified atom stereocenters. The Balaban J connectivity index is 2.33. The number of hydrogen-bond acceptors (Lipinski definition) is 4. The zero-order chi connectivity index (χ0) is 13.1. The highest BCUT2D eigenvalue weighted by atomic mass is 16.5. The molecule has 0 saturated heterocycles. The van der Waals surface area contributed by atoms with E-state index in [1.807, 2.05) is 32.0 Å². The second kappa shape index (κ2) is 4.96. The van der Waals surface area contributed by atoms with Crippen LogP contribution in [0.4, 0.5) is 17.2 Å². The second-order valence-electron chi connectivity index (χ2n) is 4.11. The van der Waals surface area contributed by atoms with Crippen LogP contribution in [0.5, 0.6) is 5.75 Å². The fourth-order valence-electron chi connectivity index (χ4n) is 1.72. The zero-order valence-electron chi connectivity index (χ0n) is 10.7. The van der Waals surface area contributed by atoms with Gasteiger partial charge in [0.1, 0.15) is 5.75 Å². The van der Waals surface area contributed by atoms with E-state index in [-0.39, 0.29) is 0 Å². The van der Waals surface area contributed by atoms with Crippen LogP contribution in [0.15, 0.2) is 24.3 Å². The highest BCUT2D eigenvalue weighted by Gasteiger charge is 2.06. The minimum absolute atomic E-state index is 0.660. The molecule has 0 atom stereocenters. The number of aryl methyl sites for hydroxylation is 2. The molecule has 0 saturated carbocycles. The number of methoxy groups -OCH3 is 1. The average Bonchev–Trinajstić information content (AvgIpc) is 2.35. The average molecular weight is 242 g/mol. The highest BCUT2D eigenvalue weighted by molar-refractivity contribution is 5.72. The van der Waals surface area contributed by atoms with E-state index in [4.69, 9.17) is 10.5 Å². The summed E-state index contributed by atoms with van der Waals surface area (Å²) in [5, 5.41) is 3.19. The van der Waals surface area contributed by atoms with Crippen molar-refractivity contribution in [2.24, 2.45) is 0 Å². The van der Waals surface area contributed by atoms with Gasteiger partial charge in [0.25, 0.3) is 0 Å². The Kier molecular flexibility index (Phi) is 3.37. The van der Waals surface area contributed by atoms with Gasteiger partial charge in [-0.3, -0.25) is 0 Å². The SMILES string of the molecule is COc1[c]ccc(Nc2nc(C)cc(C)c2N)c1. The number of rotatable bonds is 3. The molecule has 93 valence electrons. The zero-order valence-corrected chi connectivity index (χ0v) is 10.7. The lowest BCUT2D eigenvalue weighted by Crippen LogP contribution is -2.02. The fraction of sp³-hybridized carbons (Fsp3) is 0.214. The molecular weight excluding hydrogens is 226 g/mol. The third-order valence-corrected chi connectivity index (χ3v) is 2.65. The lowest BCUT2D eigenvalue weighted by molar-refractivity contribution is 0.414. The number of benzene rings is 1. The number of nitrogens with zero attached hydrogens (tertiary/aromatic N) is 1. The molecule has 0 aliphatic rings. The molecule has 0 amide bonds. The number of nitrogen functional groups attached to an aromatic ring is 1. The van der Waals surface area contributed by atoms with Gasteiger partial charge in [-0.15, -0.1) is 0 Å². The number of ether oxygens (including phenoxy) is 1. The molecule has 3 N–H and O–H groups in total. The number of hydrogen-bond donors (Lipinski definition) is 2. The standard InChI is InChI=1S/C14H16N3O/c1-9-7-10(2)16-14(13(9)15)17-11-5-4-6-12(8-11)18-3/h4-5,7-8H,15H2,1-3H3,(H,16,17). The summed E-state index contributed by atoms with van der Waals surface area (Å²) in [5.74, 6) is 1.34. The summed E-state index contributed by atoms with van der Waals surface area (Å²) in [7, 11) is 1.61. The summed E-state index contributed by atoms with van der Waals surface area (Å²) in [6.07, 6.45) is 0. The summed E-state index contributed by atoms with van der Waals surface area (Å²) < 4.78 is 5.12. The Morgan fingerprint density at radius 3 is 2.83 bits per heavy atom. The van der Waals surface area contributed by atoms with Crippen molar-refractivity contribution in [2.75, 3.05) is 18.2 Å². The van der Waals surface area contributed by atoms with Crippen molar-refractivity contribution in [3.05, 3.63) is 41.6 Å². The molecular formula is C14H16N3O. The molecule has 2 aromatic rings. The first-order chi connectivity index (χ1) is 8.60. The molecule has 0 aliphatic heterocycles. The van der Waals surface area contributed by atoms with Gasteiger partial charge in [0.05, 0.1) is 12.8 Å². The van der Waals surface area contributed by atoms with Gasteiger partial charge in [0.2, 0.25) is 0 Å². The lowest BCUT2D eigenvalue weighted by Gasteiger charge is -2.12. The fourth-order valence-corrected chi connectivity index (χ4v) is 1.72. The third-order valence-electron chi connectivity index (χ3n) is 2.65. The van der Waals surface area contributed by atoms with Crippen LogP contribution in [0.3, 0.4) is 0 Å². The van der Waals surface area contributed by atoms with E-state index in [9.17, 15) is 0 Å². The van der Waals surface area contributed by atoms with Crippen LogP contribution >= 0.6 is 0 Å². The predicted octanol–water partition coefficient (Wildman–Crippen LogP) is 2.83. The number of anilines is 3. The van der Waals surface area contributed by atoms with Gasteiger partial charge in [0.15, 0.2) is 5.82 Å². The number of pyridine rings is 1. The Hall–Kier alpha value is -2.23. The number of nitrogens with one attached hydrogen (secondary N) is 1. The van der Waals surface area contributed by atoms with E-state index >= 15 is 0 Å². The molecule has 1 aromatic carbocycles. The molecule has 1 aromatic heterocycles. The molecule has 0 aliphatic carbocycles. The van der Waals surface area contributed by atoms with Gasteiger partial charge in [0, 0.05) is 23.5 Å². The van der Waals surface area contributed by atoms with E-state index in [0.717, 1.165) is 16.9 Å². The molecule has 18 heavy (non-hydrogen) atoms. The Morgan fingerprint density at radius 2 is 2.11 bits per heavy atom. The maximum atomic E-state index is 6.01. The van der Waals surface area contributed by atoms with Crippen molar-refractivity contribution in [2.45, 2.75) is 13.8 Å². The van der Waals surface area contributed by atoms with Gasteiger partial charge >= 0.3 is 0 Å². The van der Waals surface area contributed by atoms with Crippen molar-refractivity contribution in [3.8, 4) is 5.75 Å². The summed E-state index contributed by atoms with van der Waals surface area (Å²) in [4.78, 5) is 4.40. The highest BCUT2D eigenvalue weighted by Crippen LogP contribution is 2.26. The molecule has 0 bridgehead atoms. The Morgan fingerprint density at radius 1 is 1.33 bits per heavy atom. The van der Waals surface area contributed by atoms with Gasteiger partial charge < -0.3 is 15.8 Å². The van der Waals surface area contributed by atoms with Crippen molar-refractivity contribution in [1.29, 1.82) is 0 Å². The van der Waals surface area contributed by atoms with Gasteiger partial charge in [-0.2, -0.15) is 0 Å². The molecule has 0 fully saturated rings.